The zero-order valence-corrected chi connectivity index (χ0v) is 12.1. The molecule has 19 heavy (non-hydrogen) atoms. The molecule has 0 aromatic carbocycles. The number of nitrogens with zero attached hydrogens (tertiary/aromatic N) is 7. The van der Waals surface area contributed by atoms with E-state index in [-0.39, 0.29) is 21.8 Å². The van der Waals surface area contributed by atoms with Crippen LogP contribution in [0.5, 0.6) is 0 Å². The molecule has 0 fully saturated rings. The number of hydrogen-bond acceptors (Lipinski definition) is 7. The molecule has 0 N–H and O–H groups in total. The Bertz CT molecular complexity index is 524. The summed E-state index contributed by atoms with van der Waals surface area (Å²) in [7, 11) is 4.90. The van der Waals surface area contributed by atoms with Gasteiger partial charge < -0.3 is 0 Å². The van der Waals surface area contributed by atoms with Crippen molar-refractivity contribution in [1.29, 1.82) is 0 Å². The van der Waals surface area contributed by atoms with E-state index in [0.29, 0.717) is 11.6 Å². The maximum absolute atomic E-state index is 5.45. The van der Waals surface area contributed by atoms with Crippen molar-refractivity contribution in [2.45, 2.75) is 13.8 Å². The predicted octanol–water partition coefficient (Wildman–Crippen LogP) is 2.30. The van der Waals surface area contributed by atoms with E-state index in [2.05, 4.69) is 34.8 Å². The summed E-state index contributed by atoms with van der Waals surface area (Å²) in [5, 5.41) is 0.372. The quantitative estimate of drug-likeness (QED) is 0.750. The minimum absolute atomic E-state index is 0.108. The first-order chi connectivity index (χ1) is 8.90. The Hall–Kier alpha value is -1.25. The van der Waals surface area contributed by atoms with Crippen LogP contribution in [-0.4, -0.2) is 37.5 Å². The molecule has 0 unspecified atom stereocenters. The van der Waals surface area contributed by atoms with Crippen molar-refractivity contribution in [2.24, 2.45) is 4.90 Å². The minimum atomic E-state index is 0.108. The fourth-order valence-corrected chi connectivity index (χ4v) is 1.56. The molecule has 0 saturated heterocycles. The second-order valence-corrected chi connectivity index (χ2v) is 4.02. The molecule has 7 nitrogen and oxygen atoms in total. The molecular weight excluding hydrogens is 311 g/mol. The topological polar surface area (TPSA) is 89.7 Å². The summed E-state index contributed by atoms with van der Waals surface area (Å²) >= 11 is 16.3. The molecule has 2 rings (SSSR count). The molecule has 0 spiro atoms. The predicted molar refractivity (Wildman–Crippen MR) is 72.0 cm³/mol. The molecule has 0 amide bonds. The van der Waals surface area contributed by atoms with Gasteiger partial charge in [0.15, 0.2) is 0 Å². The molecule has 0 bridgehead atoms. The van der Waals surface area contributed by atoms with Crippen LogP contribution in [-0.2, 0) is 0 Å². The van der Waals surface area contributed by atoms with Crippen LogP contribution in [0, 0.1) is 13.8 Å². The van der Waals surface area contributed by atoms with Crippen molar-refractivity contribution in [3.63, 3.8) is 0 Å². The average Bonchev–Trinajstić information content (AvgIpc) is 2.26. The van der Waals surface area contributed by atoms with E-state index in [9.17, 15) is 0 Å². The first-order valence-electron chi connectivity index (χ1n) is 4.73. The van der Waals surface area contributed by atoms with Crippen molar-refractivity contribution >= 4 is 48.4 Å². The molecule has 97 valence electrons. The fraction of sp³-hybridized carbons (Fsp3) is 0.250. The average molecular weight is 317 g/mol. The van der Waals surface area contributed by atoms with E-state index < -0.39 is 0 Å². The number of halogens is 3. The van der Waals surface area contributed by atoms with E-state index in [1.54, 1.807) is 13.8 Å². The summed E-state index contributed by atoms with van der Waals surface area (Å²) in [5.74, 6) is 1.18. The van der Waals surface area contributed by atoms with Crippen molar-refractivity contribution in [1.82, 2.24) is 29.9 Å². The van der Waals surface area contributed by atoms with Gasteiger partial charge >= 0.3 is 63.1 Å². The third-order valence-electron chi connectivity index (χ3n) is 1.52. The van der Waals surface area contributed by atoms with Crippen LogP contribution in [0.25, 0.3) is 0 Å². The fourth-order valence-electron chi connectivity index (χ4n) is 0.912. The van der Waals surface area contributed by atoms with Gasteiger partial charge in [-0.1, -0.05) is 0 Å². The van der Waals surface area contributed by atoms with Gasteiger partial charge in [0.2, 0.25) is 10.6 Å². The second kappa shape index (κ2) is 7.37. The Labute approximate surface area is 125 Å². The molecule has 2 aromatic heterocycles. The molecule has 2 heterocycles. The van der Waals surface area contributed by atoms with E-state index in [0.717, 1.165) is 0 Å². The van der Waals surface area contributed by atoms with Gasteiger partial charge in [-0.15, -0.1) is 0 Å². The van der Waals surface area contributed by atoms with Gasteiger partial charge in [-0.25, -0.2) is 9.97 Å². The maximum atomic E-state index is 5.45. The molecule has 0 aliphatic heterocycles. The van der Waals surface area contributed by atoms with Gasteiger partial charge in [-0.05, 0) is 30.1 Å². The summed E-state index contributed by atoms with van der Waals surface area (Å²) in [6.07, 6.45) is 0. The monoisotopic (exact) mass is 316 g/mol. The van der Waals surface area contributed by atoms with Gasteiger partial charge in [0.05, 0.1) is 0 Å². The van der Waals surface area contributed by atoms with Crippen molar-refractivity contribution in [2.75, 3.05) is 0 Å². The summed E-state index contributed by atoms with van der Waals surface area (Å²) in [4.78, 5) is 25.2. The molecule has 11 heteroatoms. The van der Waals surface area contributed by atoms with Crippen LogP contribution in [0.3, 0.4) is 0 Å². The van der Waals surface area contributed by atoms with Crippen LogP contribution in [0.15, 0.2) is 4.90 Å². The standard InChI is InChI=1S/C4H3BClN4.C4H3Cl2N3/c1-2-7-3(6)9-4(8-2)10-5;1-2-7-3(5)9-4(6)8-2/h1H3;1H3. The number of aromatic nitrogens is 6. The van der Waals surface area contributed by atoms with Gasteiger partial charge in [-0.2, -0.15) is 4.98 Å². The molecule has 0 aliphatic rings. The van der Waals surface area contributed by atoms with Crippen LogP contribution in [0.2, 0.25) is 15.9 Å². The van der Waals surface area contributed by atoms with Crippen molar-refractivity contribution in [3.05, 3.63) is 27.5 Å². The van der Waals surface area contributed by atoms with E-state index in [1.165, 1.54) is 0 Å². The molecule has 0 atom stereocenters. The van der Waals surface area contributed by atoms with Gasteiger partial charge in [0.1, 0.15) is 5.82 Å². The van der Waals surface area contributed by atoms with Gasteiger partial charge in [-0.3, -0.25) is 0 Å². The number of aryl methyl sites for hydroxylation is 2. The third kappa shape index (κ3) is 5.95. The van der Waals surface area contributed by atoms with Crippen molar-refractivity contribution in [3.8, 4) is 0 Å². The normalized spacial score (nSPS) is 9.47. The molecule has 0 aliphatic carbocycles. The van der Waals surface area contributed by atoms with Crippen LogP contribution in [0.4, 0.5) is 5.95 Å². The zero-order valence-electron chi connectivity index (χ0n) is 9.84. The summed E-state index contributed by atoms with van der Waals surface area (Å²) in [6, 6.07) is 0. The SMILES string of the molecule is Cc1nc(Cl)nc(Cl)n1.[B]=Nc1nc(C)nc(Cl)n1. The summed E-state index contributed by atoms with van der Waals surface area (Å²) < 4.78 is 0. The number of hydrogen-bond donors (Lipinski definition) is 0. The first-order valence-corrected chi connectivity index (χ1v) is 5.87. The Kier molecular flexibility index (Phi) is 6.13. The Morgan fingerprint density at radius 3 is 1.53 bits per heavy atom. The van der Waals surface area contributed by atoms with E-state index >= 15 is 0 Å². The Balaban J connectivity index is 0.000000191. The van der Waals surface area contributed by atoms with E-state index in [1.807, 2.05) is 0 Å². The van der Waals surface area contributed by atoms with Crippen LogP contribution >= 0.6 is 34.8 Å². The van der Waals surface area contributed by atoms with Crippen molar-refractivity contribution < 1.29 is 0 Å². The Morgan fingerprint density at radius 2 is 1.16 bits per heavy atom. The van der Waals surface area contributed by atoms with Crippen LogP contribution < -0.4 is 0 Å². The third-order valence-corrected chi connectivity index (χ3v) is 2.02. The zero-order chi connectivity index (χ0) is 14.4. The van der Waals surface area contributed by atoms with Crippen LogP contribution in [0.1, 0.15) is 11.6 Å². The molecule has 1 radical (unpaired) electrons. The molecule has 0 saturated carbocycles. The number of rotatable bonds is 1. The first kappa shape index (κ1) is 15.8. The summed E-state index contributed by atoms with van der Waals surface area (Å²) in [5.41, 5.74) is 0. The second-order valence-electron chi connectivity index (χ2n) is 3.00. The van der Waals surface area contributed by atoms with Gasteiger partial charge in [0, 0.05) is 0 Å². The Morgan fingerprint density at radius 1 is 0.737 bits per heavy atom. The molecular formula is C8H6BCl3N7. The van der Waals surface area contributed by atoms with Gasteiger partial charge in [0.25, 0.3) is 0 Å². The summed E-state index contributed by atoms with van der Waals surface area (Å²) in [6.45, 7) is 3.38. The molecule has 2 aromatic rings. The van der Waals surface area contributed by atoms with E-state index in [4.69, 9.17) is 42.4 Å².